The number of rotatable bonds is 4. The van der Waals surface area contributed by atoms with Crippen molar-refractivity contribution >= 4 is 34.9 Å². The van der Waals surface area contributed by atoms with E-state index in [4.69, 9.17) is 28.9 Å². The van der Waals surface area contributed by atoms with E-state index in [1.165, 1.54) is 0 Å². The standard InChI is InChI=1S/C7H9Cl2N5O/c1-2-3(5(10)15)11-6-4(8)13-14-7(9)12-6/h3H,2H2,1H3,(H2,10,15)(H,11,12,14). The molecule has 0 aliphatic rings. The van der Waals surface area contributed by atoms with Gasteiger partial charge in [0.1, 0.15) is 6.04 Å². The number of nitrogens with zero attached hydrogens (tertiary/aromatic N) is 3. The molecule has 1 aromatic heterocycles. The molecule has 0 bridgehead atoms. The van der Waals surface area contributed by atoms with E-state index in [1.807, 2.05) is 0 Å². The van der Waals surface area contributed by atoms with Crippen LogP contribution in [0.15, 0.2) is 0 Å². The number of primary amides is 1. The van der Waals surface area contributed by atoms with Crippen LogP contribution >= 0.6 is 23.2 Å². The van der Waals surface area contributed by atoms with Gasteiger partial charge in [-0.15, -0.1) is 10.2 Å². The third-order valence-electron chi connectivity index (χ3n) is 1.68. The Labute approximate surface area is 96.2 Å². The second-order valence-electron chi connectivity index (χ2n) is 2.73. The van der Waals surface area contributed by atoms with E-state index in [1.54, 1.807) is 6.92 Å². The Morgan fingerprint density at radius 1 is 1.53 bits per heavy atom. The number of anilines is 1. The molecule has 6 nitrogen and oxygen atoms in total. The second-order valence-corrected chi connectivity index (χ2v) is 3.42. The van der Waals surface area contributed by atoms with Crippen LogP contribution in [0, 0.1) is 0 Å². The van der Waals surface area contributed by atoms with Crippen molar-refractivity contribution in [3.05, 3.63) is 10.4 Å². The first-order chi connectivity index (χ1) is 7.04. The fraction of sp³-hybridized carbons (Fsp3) is 0.429. The molecule has 82 valence electrons. The smallest absolute Gasteiger partial charge is 0.245 e. The van der Waals surface area contributed by atoms with Gasteiger partial charge in [0, 0.05) is 0 Å². The van der Waals surface area contributed by atoms with Crippen molar-refractivity contribution in [3.63, 3.8) is 0 Å². The summed E-state index contributed by atoms with van der Waals surface area (Å²) in [6, 6.07) is -0.560. The van der Waals surface area contributed by atoms with Gasteiger partial charge < -0.3 is 11.1 Å². The van der Waals surface area contributed by atoms with Crippen molar-refractivity contribution in [2.45, 2.75) is 19.4 Å². The molecule has 1 atom stereocenters. The summed E-state index contributed by atoms with van der Waals surface area (Å²) in [5, 5.41) is 9.68. The summed E-state index contributed by atoms with van der Waals surface area (Å²) in [5.41, 5.74) is 5.14. The zero-order valence-electron chi connectivity index (χ0n) is 7.87. The number of nitrogens with one attached hydrogen (secondary N) is 1. The number of carbonyl (C=O) groups is 1. The fourth-order valence-electron chi connectivity index (χ4n) is 0.925. The summed E-state index contributed by atoms with van der Waals surface area (Å²) in [7, 11) is 0. The summed E-state index contributed by atoms with van der Waals surface area (Å²) in [4.78, 5) is 14.7. The van der Waals surface area contributed by atoms with Gasteiger partial charge in [-0.25, -0.2) is 0 Å². The molecule has 1 rings (SSSR count). The zero-order chi connectivity index (χ0) is 11.4. The van der Waals surface area contributed by atoms with Crippen molar-refractivity contribution < 1.29 is 4.79 Å². The van der Waals surface area contributed by atoms with Gasteiger partial charge in [0.25, 0.3) is 0 Å². The molecule has 3 N–H and O–H groups in total. The minimum atomic E-state index is -0.560. The number of carbonyl (C=O) groups excluding carboxylic acids is 1. The van der Waals surface area contributed by atoms with Gasteiger partial charge in [0.15, 0.2) is 11.0 Å². The highest BCUT2D eigenvalue weighted by molar-refractivity contribution is 6.32. The molecule has 0 saturated heterocycles. The average molecular weight is 250 g/mol. The molecule has 0 aliphatic carbocycles. The molecule has 1 aromatic rings. The van der Waals surface area contributed by atoms with E-state index in [0.717, 1.165) is 0 Å². The maximum absolute atomic E-state index is 11.0. The molecule has 1 amide bonds. The molecular weight excluding hydrogens is 241 g/mol. The van der Waals surface area contributed by atoms with E-state index >= 15 is 0 Å². The van der Waals surface area contributed by atoms with Crippen molar-refractivity contribution in [1.29, 1.82) is 0 Å². The number of aromatic nitrogens is 3. The summed E-state index contributed by atoms with van der Waals surface area (Å²) < 4.78 is 0. The Morgan fingerprint density at radius 3 is 2.73 bits per heavy atom. The Morgan fingerprint density at radius 2 is 2.20 bits per heavy atom. The fourth-order valence-corrected chi connectivity index (χ4v) is 1.18. The van der Waals surface area contributed by atoms with Crippen molar-refractivity contribution in [2.75, 3.05) is 5.32 Å². The number of halogens is 2. The summed E-state index contributed by atoms with van der Waals surface area (Å²) in [5.74, 6) is -0.300. The van der Waals surface area contributed by atoms with E-state index in [9.17, 15) is 4.79 Å². The molecule has 0 aromatic carbocycles. The van der Waals surface area contributed by atoms with Crippen molar-refractivity contribution in [2.24, 2.45) is 5.73 Å². The number of hydrogen-bond donors (Lipinski definition) is 2. The molecular formula is C7H9Cl2N5O. The minimum absolute atomic E-state index is 0.0408. The Hall–Kier alpha value is -1.14. The third-order valence-corrected chi connectivity index (χ3v) is 2.10. The number of hydrogen-bond acceptors (Lipinski definition) is 5. The topological polar surface area (TPSA) is 93.8 Å². The molecule has 15 heavy (non-hydrogen) atoms. The number of amides is 1. The number of nitrogens with two attached hydrogens (primary N) is 1. The van der Waals surface area contributed by atoms with E-state index in [-0.39, 0.29) is 16.3 Å². The lowest BCUT2D eigenvalue weighted by Crippen LogP contribution is -2.35. The monoisotopic (exact) mass is 249 g/mol. The maximum atomic E-state index is 11.0. The van der Waals surface area contributed by atoms with Crippen LogP contribution in [0.5, 0.6) is 0 Å². The third kappa shape index (κ3) is 3.17. The van der Waals surface area contributed by atoms with Crippen LogP contribution in [0.3, 0.4) is 0 Å². The van der Waals surface area contributed by atoms with Crippen LogP contribution in [0.25, 0.3) is 0 Å². The zero-order valence-corrected chi connectivity index (χ0v) is 9.38. The largest absolute Gasteiger partial charge is 0.368 e. The van der Waals surface area contributed by atoms with Crippen LogP contribution < -0.4 is 11.1 Å². The van der Waals surface area contributed by atoms with Crippen molar-refractivity contribution in [1.82, 2.24) is 15.2 Å². The first-order valence-electron chi connectivity index (χ1n) is 4.16. The highest BCUT2D eigenvalue weighted by Gasteiger charge is 2.15. The lowest BCUT2D eigenvalue weighted by Gasteiger charge is -2.13. The average Bonchev–Trinajstić information content (AvgIpc) is 2.18. The van der Waals surface area contributed by atoms with Gasteiger partial charge in [-0.2, -0.15) is 4.98 Å². The Kier molecular flexibility index (Phi) is 4.05. The van der Waals surface area contributed by atoms with E-state index in [2.05, 4.69) is 20.5 Å². The van der Waals surface area contributed by atoms with Gasteiger partial charge in [0.2, 0.25) is 11.2 Å². The normalized spacial score (nSPS) is 12.2. The second kappa shape index (κ2) is 5.09. The van der Waals surface area contributed by atoms with Crippen molar-refractivity contribution in [3.8, 4) is 0 Å². The highest BCUT2D eigenvalue weighted by atomic mass is 35.5. The highest BCUT2D eigenvalue weighted by Crippen LogP contribution is 2.17. The predicted molar refractivity (Wildman–Crippen MR) is 56.7 cm³/mol. The molecule has 8 heteroatoms. The van der Waals surface area contributed by atoms with E-state index < -0.39 is 11.9 Å². The molecule has 0 fully saturated rings. The van der Waals surface area contributed by atoms with Crippen LogP contribution in [0.2, 0.25) is 10.4 Å². The summed E-state index contributed by atoms with van der Waals surface area (Å²) in [6.07, 6.45) is 0.507. The molecule has 1 heterocycles. The van der Waals surface area contributed by atoms with E-state index in [0.29, 0.717) is 6.42 Å². The minimum Gasteiger partial charge on any atom is -0.368 e. The molecule has 0 spiro atoms. The summed E-state index contributed by atoms with van der Waals surface area (Å²) >= 11 is 11.2. The molecule has 0 saturated carbocycles. The Balaban J connectivity index is 2.87. The van der Waals surface area contributed by atoms with Gasteiger partial charge in [0.05, 0.1) is 0 Å². The Bertz CT molecular complexity index is 372. The van der Waals surface area contributed by atoms with Crippen LogP contribution in [-0.2, 0) is 4.79 Å². The maximum Gasteiger partial charge on any atom is 0.245 e. The van der Waals surface area contributed by atoms with Gasteiger partial charge in [-0.05, 0) is 18.0 Å². The molecule has 0 aliphatic heterocycles. The molecule has 0 radical (unpaired) electrons. The lowest BCUT2D eigenvalue weighted by molar-refractivity contribution is -0.118. The van der Waals surface area contributed by atoms with Crippen LogP contribution in [0.1, 0.15) is 13.3 Å². The van der Waals surface area contributed by atoms with Crippen LogP contribution in [0.4, 0.5) is 5.82 Å². The summed E-state index contributed by atoms with van der Waals surface area (Å²) in [6.45, 7) is 1.80. The first-order valence-corrected chi connectivity index (χ1v) is 4.91. The first kappa shape index (κ1) is 11.9. The SMILES string of the molecule is CCC(Nc1nc(Cl)nnc1Cl)C(N)=O. The van der Waals surface area contributed by atoms with Gasteiger partial charge in [-0.3, -0.25) is 4.79 Å². The predicted octanol–water partition coefficient (Wildman–Crippen LogP) is 0.854. The van der Waals surface area contributed by atoms with Crippen LogP contribution in [-0.4, -0.2) is 27.1 Å². The lowest BCUT2D eigenvalue weighted by atomic mass is 10.2. The van der Waals surface area contributed by atoms with Gasteiger partial charge >= 0.3 is 0 Å². The molecule has 1 unspecified atom stereocenters. The quantitative estimate of drug-likeness (QED) is 0.826. The van der Waals surface area contributed by atoms with Gasteiger partial charge in [-0.1, -0.05) is 18.5 Å².